The Morgan fingerprint density at radius 1 is 0.979 bits per heavy atom. The van der Waals surface area contributed by atoms with E-state index in [1.807, 2.05) is 0 Å². The van der Waals surface area contributed by atoms with Crippen molar-refractivity contribution in [1.82, 2.24) is 20.1 Å². The maximum Gasteiger partial charge on any atom is 0.416 e. The molecule has 1 fully saturated rings. The minimum atomic E-state index is -5.12. The van der Waals surface area contributed by atoms with E-state index < -0.39 is 75.0 Å². The van der Waals surface area contributed by atoms with Gasteiger partial charge in [-0.1, -0.05) is 26.8 Å². The number of rotatable bonds is 6. The van der Waals surface area contributed by atoms with E-state index in [2.05, 4.69) is 5.10 Å². The minimum Gasteiger partial charge on any atom is -0.343 e. The SMILES string of the molecule is [2H]n1nc(CN2[C@@H](c3ccc(F)cc3C)[C@@H](O[C@@](C)(c3cc(C(F)(F)F)cc(C(F)(F)F)c3C)C(C)(C)C)OC(C)(C)C2(C)C)n([2H])c1=O. The molecular weight excluding hydrogens is 633 g/mol. The van der Waals surface area contributed by atoms with Crippen molar-refractivity contribution in [3.05, 3.63) is 85.8 Å². The fourth-order valence-corrected chi connectivity index (χ4v) is 6.03. The zero-order valence-corrected chi connectivity index (χ0v) is 27.9. The molecule has 4 rings (SSSR count). The van der Waals surface area contributed by atoms with Crippen molar-refractivity contribution in [2.45, 2.75) is 117 Å². The lowest BCUT2D eigenvalue weighted by Gasteiger charge is -2.60. The van der Waals surface area contributed by atoms with Crippen LogP contribution in [0.3, 0.4) is 0 Å². The summed E-state index contributed by atoms with van der Waals surface area (Å²) >= 11 is 0. The number of aromatic nitrogens is 3. The number of hydrogen-bond donors (Lipinski definition) is 2. The molecule has 0 amide bonds. The average Bonchev–Trinajstić information content (AvgIpc) is 3.16. The molecule has 7 nitrogen and oxygen atoms in total. The predicted octanol–water partition coefficient (Wildman–Crippen LogP) is 8.33. The summed E-state index contributed by atoms with van der Waals surface area (Å²) < 4.78 is 129. The van der Waals surface area contributed by atoms with Gasteiger partial charge in [-0.15, -0.1) is 0 Å². The summed E-state index contributed by atoms with van der Waals surface area (Å²) in [5, 5.41) is 4.14. The molecular formula is C33H41F7N4O3. The van der Waals surface area contributed by atoms with Gasteiger partial charge in [-0.25, -0.2) is 14.3 Å². The fourth-order valence-electron chi connectivity index (χ4n) is 6.03. The maximum atomic E-state index is 14.4. The Bertz CT molecular complexity index is 1790. The quantitative estimate of drug-likeness (QED) is 0.257. The first-order chi connectivity index (χ1) is 22.0. The van der Waals surface area contributed by atoms with Crippen LogP contribution < -0.4 is 5.69 Å². The van der Waals surface area contributed by atoms with Crippen LogP contribution >= 0.6 is 0 Å². The lowest BCUT2D eigenvalue weighted by molar-refractivity contribution is -0.347. The van der Waals surface area contributed by atoms with E-state index in [9.17, 15) is 35.5 Å². The summed E-state index contributed by atoms with van der Waals surface area (Å²) in [5.41, 5.74) is -9.19. The van der Waals surface area contributed by atoms with E-state index in [-0.39, 0.29) is 29.1 Å². The highest BCUT2D eigenvalue weighted by Gasteiger charge is 2.57. The Kier molecular flexibility index (Phi) is 8.40. The summed E-state index contributed by atoms with van der Waals surface area (Å²) in [6, 6.07) is 3.62. The molecule has 0 bridgehead atoms. The number of H-pyrrole nitrogens is 2. The van der Waals surface area contributed by atoms with Crippen molar-refractivity contribution >= 4 is 0 Å². The highest BCUT2D eigenvalue weighted by molar-refractivity contribution is 5.45. The first-order valence-electron chi connectivity index (χ1n) is 15.8. The molecule has 1 aliphatic rings. The van der Waals surface area contributed by atoms with Gasteiger partial charge in [-0.3, -0.25) is 9.88 Å². The molecule has 2 aromatic carbocycles. The van der Waals surface area contributed by atoms with Gasteiger partial charge in [-0.2, -0.15) is 31.4 Å². The van der Waals surface area contributed by atoms with Crippen LogP contribution in [0.1, 0.15) is 101 Å². The standard InChI is InChI=1S/C33H41F7N4O3/c1-17-13-20(34)11-12-21(17)25-26(46-30(8,9)29(6,7)44(25)16-24-41-27(45)43-42-24)47-31(10,28(3,4)5)22-14-19(32(35,36)37)15-23(18(22)2)33(38,39)40/h11-15,25-26H,16H2,1-10H3,(H2,41,42,43,45)/t25-,26+,31-/m0/s1/i/hD2. The molecule has 3 aromatic rings. The second-order valence-electron chi connectivity index (χ2n) is 14.2. The summed E-state index contributed by atoms with van der Waals surface area (Å²) in [6.45, 7) is 15.8. The zero-order valence-electron chi connectivity index (χ0n) is 29.9. The van der Waals surface area contributed by atoms with E-state index in [1.54, 1.807) is 60.3 Å². The van der Waals surface area contributed by atoms with Gasteiger partial charge < -0.3 is 9.47 Å². The largest absolute Gasteiger partial charge is 0.416 e. The number of halogens is 7. The number of nitrogens with one attached hydrogen (secondary N) is 2. The molecule has 2 heterocycles. The van der Waals surface area contributed by atoms with Crippen LogP contribution in [0.4, 0.5) is 30.7 Å². The Morgan fingerprint density at radius 2 is 1.57 bits per heavy atom. The molecule has 0 radical (unpaired) electrons. The number of ether oxygens (including phenoxy) is 2. The fraction of sp³-hybridized carbons (Fsp3) is 0.576. The van der Waals surface area contributed by atoms with Gasteiger partial charge in [0.25, 0.3) is 0 Å². The number of morpholine rings is 1. The number of nitrogens with zero attached hydrogens (tertiary/aromatic N) is 2. The molecule has 14 heteroatoms. The van der Waals surface area contributed by atoms with Crippen molar-refractivity contribution in [1.29, 1.82) is 0 Å². The molecule has 260 valence electrons. The second-order valence-corrected chi connectivity index (χ2v) is 14.2. The van der Waals surface area contributed by atoms with E-state index in [0.717, 1.165) is 6.92 Å². The summed E-state index contributed by atoms with van der Waals surface area (Å²) in [7, 11) is 0. The van der Waals surface area contributed by atoms with Gasteiger partial charge in [0, 0.05) is 5.54 Å². The van der Waals surface area contributed by atoms with E-state index >= 15 is 0 Å². The number of aryl methyl sites for hydroxylation is 1. The molecule has 1 aromatic heterocycles. The Labute approximate surface area is 271 Å². The van der Waals surface area contributed by atoms with E-state index in [1.165, 1.54) is 25.1 Å². The van der Waals surface area contributed by atoms with Gasteiger partial charge in [-0.05, 0) is 100 Å². The smallest absolute Gasteiger partial charge is 0.343 e. The van der Waals surface area contributed by atoms with Crippen LogP contribution in [0.15, 0.2) is 35.1 Å². The Morgan fingerprint density at radius 3 is 2.06 bits per heavy atom. The van der Waals surface area contributed by atoms with E-state index in [0.29, 0.717) is 22.2 Å². The van der Waals surface area contributed by atoms with Crippen molar-refractivity contribution in [2.24, 2.45) is 5.41 Å². The van der Waals surface area contributed by atoms with Crippen molar-refractivity contribution in [3.63, 3.8) is 0 Å². The van der Waals surface area contributed by atoms with Gasteiger partial charge in [0.05, 0.1) is 34.9 Å². The lowest BCUT2D eigenvalue weighted by Crippen LogP contribution is -2.68. The summed E-state index contributed by atoms with van der Waals surface area (Å²) in [5.74, 6) is -0.704. The molecule has 2 N–H and O–H groups in total. The van der Waals surface area contributed by atoms with E-state index in [4.69, 9.17) is 12.3 Å². The molecule has 1 aliphatic heterocycles. The normalized spacial score (nSPS) is 22.5. The zero-order chi connectivity index (χ0) is 37.4. The number of aromatic amines is 2. The number of hydrogen-bond acceptors (Lipinski definition) is 5. The summed E-state index contributed by atoms with van der Waals surface area (Å²) in [6.07, 6.45) is -11.7. The summed E-state index contributed by atoms with van der Waals surface area (Å²) in [4.78, 5) is 14.5. The van der Waals surface area contributed by atoms with Gasteiger partial charge in [0.1, 0.15) is 11.6 Å². The van der Waals surface area contributed by atoms with Gasteiger partial charge in [0.15, 0.2) is 9.11 Å². The third kappa shape index (κ3) is 6.73. The monoisotopic (exact) mass is 676 g/mol. The number of alkyl halides is 6. The molecule has 3 atom stereocenters. The molecule has 47 heavy (non-hydrogen) atoms. The van der Waals surface area contributed by atoms with Crippen LogP contribution in [0.2, 0.25) is 2.82 Å². The topological polar surface area (TPSA) is 83.2 Å². The first-order valence-corrected chi connectivity index (χ1v) is 14.9. The maximum absolute atomic E-state index is 14.4. The third-order valence-corrected chi connectivity index (χ3v) is 9.87. The van der Waals surface area contributed by atoms with Gasteiger partial charge in [0.2, 0.25) is 0 Å². The first kappa shape index (κ1) is 33.7. The van der Waals surface area contributed by atoms with Gasteiger partial charge >= 0.3 is 18.0 Å². The molecule has 0 saturated carbocycles. The average molecular weight is 677 g/mol. The molecule has 0 aliphatic carbocycles. The van der Waals surface area contributed by atoms with Crippen LogP contribution in [0.5, 0.6) is 0 Å². The highest BCUT2D eigenvalue weighted by atomic mass is 19.4. The Hall–Kier alpha value is -3.23. The minimum absolute atomic E-state index is 0.0862. The van der Waals surface area contributed by atoms with Crippen molar-refractivity contribution in [2.75, 3.05) is 0 Å². The lowest BCUT2D eigenvalue weighted by atomic mass is 9.70. The van der Waals surface area contributed by atoms with Crippen molar-refractivity contribution in [3.8, 4) is 0 Å². The molecule has 0 spiro atoms. The van der Waals surface area contributed by atoms with Crippen molar-refractivity contribution < 1.29 is 43.0 Å². The van der Waals surface area contributed by atoms with Crippen LogP contribution in [0, 0.1) is 25.1 Å². The second kappa shape index (κ2) is 11.7. The van der Waals surface area contributed by atoms with Crippen LogP contribution in [-0.2, 0) is 34.0 Å². The predicted molar refractivity (Wildman–Crippen MR) is 161 cm³/mol. The molecule has 1 saturated heterocycles. The molecule has 0 unspecified atom stereocenters. The Balaban J connectivity index is 2.04. The number of benzene rings is 2. The third-order valence-electron chi connectivity index (χ3n) is 9.87. The van der Waals surface area contributed by atoms with Crippen LogP contribution in [0.25, 0.3) is 0 Å². The highest BCUT2D eigenvalue weighted by Crippen LogP contribution is 2.53. The van der Waals surface area contributed by atoms with Crippen LogP contribution in [-0.4, -0.2) is 37.5 Å².